The van der Waals surface area contributed by atoms with Gasteiger partial charge < -0.3 is 19.7 Å². The summed E-state index contributed by atoms with van der Waals surface area (Å²) in [6.07, 6.45) is 0.355. The minimum Gasteiger partial charge on any atom is -0.494 e. The van der Waals surface area contributed by atoms with Gasteiger partial charge in [-0.3, -0.25) is 10.7 Å². The first-order valence-electron chi connectivity index (χ1n) is 9.08. The topological polar surface area (TPSA) is 86.7 Å². The van der Waals surface area contributed by atoms with E-state index in [2.05, 4.69) is 15.5 Å². The highest BCUT2D eigenvalue weighted by Crippen LogP contribution is 2.13. The number of benzene rings is 1. The van der Waals surface area contributed by atoms with Gasteiger partial charge in [-0.05, 0) is 51.5 Å². The van der Waals surface area contributed by atoms with Crippen molar-refractivity contribution in [2.24, 2.45) is 0 Å². The van der Waals surface area contributed by atoms with Crippen molar-refractivity contribution in [3.05, 3.63) is 29.8 Å². The minimum absolute atomic E-state index is 0.00417. The summed E-state index contributed by atoms with van der Waals surface area (Å²) in [7, 11) is 0. The standard InChI is InChI=1S/C19H30N4O3/c1-19(2,3)26-18(24)22-17(20)15-5-7-16(8-6-15)25-14-4-11-23-12-9-21-10-13-23/h5-8,21H,4,9-14H2,1-3H3,(H2,20,22,24). The molecule has 26 heavy (non-hydrogen) atoms. The summed E-state index contributed by atoms with van der Waals surface area (Å²) < 4.78 is 10.9. The van der Waals surface area contributed by atoms with Crippen molar-refractivity contribution in [1.29, 1.82) is 5.41 Å². The number of piperazine rings is 1. The zero-order chi connectivity index (χ0) is 19.0. The average Bonchev–Trinajstić information content (AvgIpc) is 2.58. The van der Waals surface area contributed by atoms with E-state index in [1.165, 1.54) is 0 Å². The van der Waals surface area contributed by atoms with E-state index >= 15 is 0 Å². The van der Waals surface area contributed by atoms with Gasteiger partial charge in [-0.15, -0.1) is 0 Å². The fourth-order valence-electron chi connectivity index (χ4n) is 2.61. The van der Waals surface area contributed by atoms with Crippen LogP contribution in [0.5, 0.6) is 5.75 Å². The quantitative estimate of drug-likeness (QED) is 0.410. The molecule has 1 aromatic rings. The maximum atomic E-state index is 11.7. The van der Waals surface area contributed by atoms with Crippen LogP contribution in [0.4, 0.5) is 4.79 Å². The van der Waals surface area contributed by atoms with Crippen molar-refractivity contribution in [1.82, 2.24) is 15.5 Å². The van der Waals surface area contributed by atoms with Gasteiger partial charge in [-0.25, -0.2) is 4.79 Å². The van der Waals surface area contributed by atoms with E-state index in [4.69, 9.17) is 14.9 Å². The van der Waals surface area contributed by atoms with Crippen LogP contribution < -0.4 is 15.4 Å². The van der Waals surface area contributed by atoms with E-state index in [1.807, 2.05) is 12.1 Å². The third-order valence-electron chi connectivity index (χ3n) is 3.87. The predicted octanol–water partition coefficient (Wildman–Crippen LogP) is 2.21. The zero-order valence-corrected chi connectivity index (χ0v) is 15.9. The van der Waals surface area contributed by atoms with Gasteiger partial charge in [-0.2, -0.15) is 0 Å². The molecular formula is C19H30N4O3. The van der Waals surface area contributed by atoms with Gasteiger partial charge in [0.2, 0.25) is 0 Å². The van der Waals surface area contributed by atoms with Crippen molar-refractivity contribution in [3.8, 4) is 5.75 Å². The van der Waals surface area contributed by atoms with Crippen LogP contribution >= 0.6 is 0 Å². The Morgan fingerprint density at radius 2 is 1.88 bits per heavy atom. The number of amidine groups is 1. The number of hydrogen-bond acceptors (Lipinski definition) is 6. The maximum absolute atomic E-state index is 11.7. The molecule has 3 N–H and O–H groups in total. The van der Waals surface area contributed by atoms with Gasteiger partial charge in [0.1, 0.15) is 17.2 Å². The smallest absolute Gasteiger partial charge is 0.413 e. The molecule has 0 bridgehead atoms. The Bertz CT molecular complexity index is 590. The van der Waals surface area contributed by atoms with Gasteiger partial charge in [0, 0.05) is 38.3 Å². The van der Waals surface area contributed by atoms with E-state index < -0.39 is 11.7 Å². The van der Waals surface area contributed by atoms with Gasteiger partial charge in [0.25, 0.3) is 0 Å². The van der Waals surface area contributed by atoms with Crippen molar-refractivity contribution in [2.75, 3.05) is 39.3 Å². The van der Waals surface area contributed by atoms with E-state index in [9.17, 15) is 4.79 Å². The molecule has 1 aliphatic rings. The van der Waals surface area contributed by atoms with Gasteiger partial charge in [0.05, 0.1) is 6.61 Å². The first-order valence-corrected chi connectivity index (χ1v) is 9.08. The molecule has 0 saturated carbocycles. The van der Waals surface area contributed by atoms with Crippen molar-refractivity contribution in [3.63, 3.8) is 0 Å². The molecule has 1 aromatic carbocycles. The maximum Gasteiger partial charge on any atom is 0.413 e. The first-order chi connectivity index (χ1) is 12.3. The Morgan fingerprint density at radius 3 is 2.50 bits per heavy atom. The summed E-state index contributed by atoms with van der Waals surface area (Å²) in [4.78, 5) is 14.1. The van der Waals surface area contributed by atoms with Gasteiger partial charge in [-0.1, -0.05) is 0 Å². The molecule has 7 nitrogen and oxygen atoms in total. The first kappa shape index (κ1) is 20.2. The summed E-state index contributed by atoms with van der Waals surface area (Å²) in [6.45, 7) is 11.4. The van der Waals surface area contributed by atoms with Gasteiger partial charge in [0.15, 0.2) is 0 Å². The molecule has 1 heterocycles. The molecule has 0 unspecified atom stereocenters. The highest BCUT2D eigenvalue weighted by molar-refractivity contribution is 6.04. The molecule has 2 rings (SSSR count). The number of hydrogen-bond donors (Lipinski definition) is 3. The number of alkyl carbamates (subject to hydrolysis) is 1. The fourth-order valence-corrected chi connectivity index (χ4v) is 2.61. The summed E-state index contributed by atoms with van der Waals surface area (Å²) in [5.74, 6) is 0.767. The van der Waals surface area contributed by atoms with E-state index in [1.54, 1.807) is 32.9 Å². The summed E-state index contributed by atoms with van der Waals surface area (Å²) in [5, 5.41) is 13.7. The summed E-state index contributed by atoms with van der Waals surface area (Å²) >= 11 is 0. The molecule has 144 valence electrons. The Kier molecular flexibility index (Phi) is 7.41. The SMILES string of the molecule is CC(C)(C)OC(=O)NC(=N)c1ccc(OCCCN2CCNCC2)cc1. The molecule has 7 heteroatoms. The van der Waals surface area contributed by atoms with Crippen LogP contribution in [0.1, 0.15) is 32.8 Å². The summed E-state index contributed by atoms with van der Waals surface area (Å²) in [5.41, 5.74) is 0.0104. The lowest BCUT2D eigenvalue weighted by molar-refractivity contribution is 0.0563. The van der Waals surface area contributed by atoms with Crippen molar-refractivity contribution >= 4 is 11.9 Å². The molecule has 0 aromatic heterocycles. The lowest BCUT2D eigenvalue weighted by Gasteiger charge is -2.26. The largest absolute Gasteiger partial charge is 0.494 e. The van der Waals surface area contributed by atoms with Crippen LogP contribution in [0, 0.1) is 5.41 Å². The van der Waals surface area contributed by atoms with Crippen LogP contribution in [0.3, 0.4) is 0 Å². The molecule has 0 atom stereocenters. The number of carbonyl (C=O) groups excluding carboxylic acids is 1. The van der Waals surface area contributed by atoms with Crippen LogP contribution in [-0.4, -0.2) is 61.8 Å². The highest BCUT2D eigenvalue weighted by atomic mass is 16.6. The van der Waals surface area contributed by atoms with Crippen LogP contribution in [0.2, 0.25) is 0 Å². The van der Waals surface area contributed by atoms with Crippen molar-refractivity contribution in [2.45, 2.75) is 32.8 Å². The molecule has 1 fully saturated rings. The second-order valence-electron chi connectivity index (χ2n) is 7.32. The fraction of sp³-hybridized carbons (Fsp3) is 0.579. The number of amides is 1. The molecule has 0 aliphatic carbocycles. The third kappa shape index (κ3) is 7.41. The van der Waals surface area contributed by atoms with E-state index in [0.717, 1.165) is 44.9 Å². The molecule has 1 saturated heterocycles. The van der Waals surface area contributed by atoms with E-state index in [-0.39, 0.29) is 5.84 Å². The zero-order valence-electron chi connectivity index (χ0n) is 15.9. The Balaban J connectivity index is 1.71. The molecule has 0 radical (unpaired) electrons. The lowest BCUT2D eigenvalue weighted by Crippen LogP contribution is -2.43. The number of rotatable bonds is 6. The number of ether oxygens (including phenoxy) is 2. The number of nitrogens with zero attached hydrogens (tertiary/aromatic N) is 1. The highest BCUT2D eigenvalue weighted by Gasteiger charge is 2.17. The second kappa shape index (κ2) is 9.54. The monoisotopic (exact) mass is 362 g/mol. The van der Waals surface area contributed by atoms with Gasteiger partial charge >= 0.3 is 6.09 Å². The predicted molar refractivity (Wildman–Crippen MR) is 102 cm³/mol. The molecule has 0 spiro atoms. The molecule has 1 amide bonds. The third-order valence-corrected chi connectivity index (χ3v) is 3.87. The lowest BCUT2D eigenvalue weighted by atomic mass is 10.2. The van der Waals surface area contributed by atoms with Crippen LogP contribution in [0.15, 0.2) is 24.3 Å². The number of nitrogens with one attached hydrogen (secondary N) is 3. The minimum atomic E-state index is -0.629. The second-order valence-corrected chi connectivity index (χ2v) is 7.32. The molecular weight excluding hydrogens is 332 g/mol. The Labute approximate surface area is 155 Å². The van der Waals surface area contributed by atoms with E-state index in [0.29, 0.717) is 12.2 Å². The van der Waals surface area contributed by atoms with Crippen LogP contribution in [0.25, 0.3) is 0 Å². The molecule has 1 aliphatic heterocycles. The van der Waals surface area contributed by atoms with Crippen LogP contribution in [-0.2, 0) is 4.74 Å². The normalized spacial score (nSPS) is 15.3. The van der Waals surface area contributed by atoms with Crippen molar-refractivity contribution < 1.29 is 14.3 Å². The number of carbonyl (C=O) groups is 1. The Hall–Kier alpha value is -2.12. The summed E-state index contributed by atoms with van der Waals surface area (Å²) in [6, 6.07) is 7.13. The average molecular weight is 362 g/mol. The Morgan fingerprint density at radius 1 is 1.23 bits per heavy atom.